The summed E-state index contributed by atoms with van der Waals surface area (Å²) in [7, 11) is 0. The molecule has 2 aromatic carbocycles. The minimum atomic E-state index is -0.388. The fraction of sp³-hybridized carbons (Fsp3) is 0.227. The molecule has 0 saturated carbocycles. The van der Waals surface area contributed by atoms with Gasteiger partial charge in [0.2, 0.25) is 0 Å². The van der Waals surface area contributed by atoms with Crippen LogP contribution in [0, 0.1) is 0 Å². The maximum Gasteiger partial charge on any atom is 0.336 e. The first-order valence-electron chi connectivity index (χ1n) is 9.41. The van der Waals surface area contributed by atoms with Crippen molar-refractivity contribution < 1.29 is 4.42 Å². The zero-order valence-electron chi connectivity index (χ0n) is 15.9. The predicted octanol–water partition coefficient (Wildman–Crippen LogP) is 5.36. The Morgan fingerprint density at radius 1 is 1.10 bits per heavy atom. The molecule has 29 heavy (non-hydrogen) atoms. The van der Waals surface area contributed by atoms with Gasteiger partial charge in [0.1, 0.15) is 5.58 Å². The molecule has 0 spiro atoms. The summed E-state index contributed by atoms with van der Waals surface area (Å²) in [6, 6.07) is 14.6. The van der Waals surface area contributed by atoms with Crippen molar-refractivity contribution in [2.75, 3.05) is 0 Å². The Morgan fingerprint density at radius 2 is 1.93 bits per heavy atom. The molecule has 0 atom stereocenters. The molecule has 0 aliphatic rings. The van der Waals surface area contributed by atoms with E-state index in [-0.39, 0.29) is 11.2 Å². The van der Waals surface area contributed by atoms with Crippen LogP contribution in [0.2, 0.25) is 0 Å². The second kappa shape index (κ2) is 8.55. The summed E-state index contributed by atoms with van der Waals surface area (Å²) >= 11 is 4.87. The summed E-state index contributed by atoms with van der Waals surface area (Å²) in [6.45, 7) is 2.72. The van der Waals surface area contributed by atoms with Gasteiger partial charge in [0.05, 0.1) is 10.9 Å². The number of thioether (sulfide) groups is 1. The van der Waals surface area contributed by atoms with Crippen molar-refractivity contribution in [3.63, 3.8) is 0 Å². The van der Waals surface area contributed by atoms with Crippen molar-refractivity contribution >= 4 is 49.6 Å². The first-order chi connectivity index (χ1) is 14.1. The number of nitrogens with zero attached hydrogens (tertiary/aromatic N) is 2. The summed E-state index contributed by atoms with van der Waals surface area (Å²) in [6.07, 6.45) is 1.89. The Bertz CT molecular complexity index is 1310. The summed E-state index contributed by atoms with van der Waals surface area (Å²) in [4.78, 5) is 29.7. The van der Waals surface area contributed by atoms with E-state index in [1.165, 1.54) is 17.8 Å². The van der Waals surface area contributed by atoms with E-state index < -0.39 is 0 Å². The maximum atomic E-state index is 13.0. The SMILES string of the molecule is CCCCn1c(SCc2cc(=O)oc3cc(Br)ccc23)nc2ccccc2c1=O. The van der Waals surface area contributed by atoms with Crippen LogP contribution in [0.1, 0.15) is 25.3 Å². The average molecular weight is 471 g/mol. The van der Waals surface area contributed by atoms with Crippen LogP contribution in [0.3, 0.4) is 0 Å². The molecule has 7 heteroatoms. The molecular weight excluding hydrogens is 452 g/mol. The van der Waals surface area contributed by atoms with E-state index in [1.54, 1.807) is 10.6 Å². The Morgan fingerprint density at radius 3 is 2.76 bits per heavy atom. The standard InChI is InChI=1S/C22H19BrN2O3S/c1-2-3-10-25-21(27)17-6-4-5-7-18(17)24-22(25)29-13-14-11-20(26)28-19-12-15(23)8-9-16(14)19/h4-9,11-12H,2-3,10,13H2,1H3. The molecule has 148 valence electrons. The summed E-state index contributed by atoms with van der Waals surface area (Å²) < 4.78 is 7.92. The molecule has 2 aromatic heterocycles. The molecule has 0 aliphatic heterocycles. The van der Waals surface area contributed by atoms with Gasteiger partial charge in [-0.25, -0.2) is 9.78 Å². The van der Waals surface area contributed by atoms with Gasteiger partial charge in [-0.15, -0.1) is 0 Å². The van der Waals surface area contributed by atoms with E-state index in [2.05, 4.69) is 22.9 Å². The number of unbranched alkanes of at least 4 members (excludes halogenated alkanes) is 1. The van der Waals surface area contributed by atoms with E-state index in [9.17, 15) is 9.59 Å². The van der Waals surface area contributed by atoms with Crippen LogP contribution in [0.4, 0.5) is 0 Å². The second-order valence-electron chi connectivity index (χ2n) is 6.74. The normalized spacial score (nSPS) is 11.4. The number of fused-ring (bicyclic) bond motifs is 2. The van der Waals surface area contributed by atoms with Crippen LogP contribution >= 0.6 is 27.7 Å². The van der Waals surface area contributed by atoms with Crippen LogP contribution in [0.5, 0.6) is 0 Å². The van der Waals surface area contributed by atoms with E-state index >= 15 is 0 Å². The summed E-state index contributed by atoms with van der Waals surface area (Å²) in [5.74, 6) is 0.515. The molecule has 0 N–H and O–H groups in total. The lowest BCUT2D eigenvalue weighted by molar-refractivity contribution is 0.557. The molecule has 0 radical (unpaired) electrons. The molecule has 4 rings (SSSR count). The molecule has 0 saturated heterocycles. The van der Waals surface area contributed by atoms with Crippen LogP contribution in [-0.2, 0) is 12.3 Å². The minimum absolute atomic E-state index is 0.0204. The van der Waals surface area contributed by atoms with Crippen LogP contribution in [0.25, 0.3) is 21.9 Å². The largest absolute Gasteiger partial charge is 0.423 e. The summed E-state index contributed by atoms with van der Waals surface area (Å²) in [5, 5.41) is 2.17. The topological polar surface area (TPSA) is 65.1 Å². The first kappa shape index (κ1) is 19.9. The van der Waals surface area contributed by atoms with E-state index in [0.29, 0.717) is 33.9 Å². The van der Waals surface area contributed by atoms with Crippen molar-refractivity contribution in [1.29, 1.82) is 0 Å². The quantitative estimate of drug-likeness (QED) is 0.215. The van der Waals surface area contributed by atoms with Crippen molar-refractivity contribution in [1.82, 2.24) is 9.55 Å². The Kier molecular flexibility index (Phi) is 5.87. The van der Waals surface area contributed by atoms with Crippen molar-refractivity contribution in [2.45, 2.75) is 37.2 Å². The van der Waals surface area contributed by atoms with Gasteiger partial charge < -0.3 is 4.42 Å². The fourth-order valence-corrected chi connectivity index (χ4v) is 4.59. The second-order valence-corrected chi connectivity index (χ2v) is 8.60. The third-order valence-corrected chi connectivity index (χ3v) is 6.23. The Labute approximate surface area is 179 Å². The van der Waals surface area contributed by atoms with Gasteiger partial charge in [0, 0.05) is 28.2 Å². The Hall–Kier alpha value is -2.38. The van der Waals surface area contributed by atoms with Crippen molar-refractivity contribution in [3.8, 4) is 0 Å². The highest BCUT2D eigenvalue weighted by Gasteiger charge is 2.13. The number of rotatable bonds is 6. The number of para-hydroxylation sites is 1. The molecule has 0 aliphatic carbocycles. The molecule has 5 nitrogen and oxygen atoms in total. The van der Waals surface area contributed by atoms with E-state index in [4.69, 9.17) is 9.40 Å². The van der Waals surface area contributed by atoms with E-state index in [1.807, 2.05) is 36.4 Å². The minimum Gasteiger partial charge on any atom is -0.423 e. The molecule has 0 fully saturated rings. The third kappa shape index (κ3) is 4.16. The molecule has 4 aromatic rings. The monoisotopic (exact) mass is 470 g/mol. The van der Waals surface area contributed by atoms with E-state index in [0.717, 1.165) is 28.3 Å². The van der Waals surface area contributed by atoms with Gasteiger partial charge in [-0.05, 0) is 42.3 Å². The average Bonchev–Trinajstić information content (AvgIpc) is 2.71. The zero-order valence-corrected chi connectivity index (χ0v) is 18.3. The van der Waals surface area contributed by atoms with Gasteiger partial charge in [0.15, 0.2) is 5.16 Å². The Balaban J connectivity index is 1.76. The van der Waals surface area contributed by atoms with Gasteiger partial charge in [0.25, 0.3) is 5.56 Å². The zero-order chi connectivity index (χ0) is 20.4. The smallest absolute Gasteiger partial charge is 0.336 e. The lowest BCUT2D eigenvalue weighted by Crippen LogP contribution is -2.23. The lowest BCUT2D eigenvalue weighted by Gasteiger charge is -2.13. The van der Waals surface area contributed by atoms with Gasteiger partial charge in [-0.1, -0.05) is 53.2 Å². The number of halogens is 1. The fourth-order valence-electron chi connectivity index (χ4n) is 3.24. The first-order valence-corrected chi connectivity index (χ1v) is 11.2. The van der Waals surface area contributed by atoms with Crippen molar-refractivity contribution in [3.05, 3.63) is 79.3 Å². The molecular formula is C22H19BrN2O3S. The lowest BCUT2D eigenvalue weighted by atomic mass is 10.1. The maximum absolute atomic E-state index is 13.0. The number of benzene rings is 2. The van der Waals surface area contributed by atoms with Crippen molar-refractivity contribution in [2.24, 2.45) is 0 Å². The molecule has 0 amide bonds. The van der Waals surface area contributed by atoms with Gasteiger partial charge >= 0.3 is 5.63 Å². The highest BCUT2D eigenvalue weighted by atomic mass is 79.9. The number of hydrogen-bond donors (Lipinski definition) is 0. The highest BCUT2D eigenvalue weighted by Crippen LogP contribution is 2.27. The number of hydrogen-bond acceptors (Lipinski definition) is 5. The van der Waals surface area contributed by atoms with Gasteiger partial charge in [-0.2, -0.15) is 0 Å². The molecule has 0 bridgehead atoms. The number of aromatic nitrogens is 2. The predicted molar refractivity (Wildman–Crippen MR) is 121 cm³/mol. The highest BCUT2D eigenvalue weighted by molar-refractivity contribution is 9.10. The van der Waals surface area contributed by atoms with Crippen LogP contribution in [-0.4, -0.2) is 9.55 Å². The van der Waals surface area contributed by atoms with Crippen LogP contribution in [0.15, 0.2) is 72.2 Å². The summed E-state index contributed by atoms with van der Waals surface area (Å²) in [5.41, 5.74) is 1.68. The third-order valence-electron chi connectivity index (χ3n) is 4.71. The molecule has 2 heterocycles. The van der Waals surface area contributed by atoms with Crippen LogP contribution < -0.4 is 11.2 Å². The van der Waals surface area contributed by atoms with Gasteiger partial charge in [-0.3, -0.25) is 9.36 Å². The molecule has 0 unspecified atom stereocenters.